The Labute approximate surface area is 129 Å². The molecule has 0 aliphatic rings. The molecule has 0 radical (unpaired) electrons. The minimum atomic E-state index is -0.0956. The van der Waals surface area contributed by atoms with Gasteiger partial charge in [-0.25, -0.2) is 0 Å². The molecule has 0 saturated heterocycles. The van der Waals surface area contributed by atoms with Gasteiger partial charge in [-0.05, 0) is 41.8 Å². The highest BCUT2D eigenvalue weighted by Crippen LogP contribution is 2.23. The van der Waals surface area contributed by atoms with Crippen LogP contribution in [0.4, 0.5) is 5.69 Å². The van der Waals surface area contributed by atoms with Gasteiger partial charge in [-0.15, -0.1) is 11.3 Å². The van der Waals surface area contributed by atoms with Crippen molar-refractivity contribution in [3.63, 3.8) is 0 Å². The van der Waals surface area contributed by atoms with Crippen LogP contribution in [0.2, 0.25) is 0 Å². The molecule has 1 amide bonds. The first kappa shape index (κ1) is 13.1. The average Bonchev–Trinajstić information content (AvgIpc) is 3.09. The van der Waals surface area contributed by atoms with Crippen molar-refractivity contribution in [1.29, 1.82) is 0 Å². The van der Waals surface area contributed by atoms with Crippen LogP contribution in [0.5, 0.6) is 0 Å². The second-order valence-electron chi connectivity index (χ2n) is 4.19. The number of carbonyl (C=O) groups is 1. The maximum atomic E-state index is 12.4. The standard InChI is InChI=1S/C15H11BrN2OS/c16-11-4-3-5-12(10-11)17-15(19)14-13(6-9-20-14)18-7-1-2-8-18/h1-10H,(H,17,19). The number of hydrogen-bond acceptors (Lipinski definition) is 2. The van der Waals surface area contributed by atoms with Gasteiger partial charge >= 0.3 is 0 Å². The van der Waals surface area contributed by atoms with Gasteiger partial charge in [0.25, 0.3) is 5.91 Å². The highest BCUT2D eigenvalue weighted by molar-refractivity contribution is 9.10. The molecule has 1 aromatic carbocycles. The lowest BCUT2D eigenvalue weighted by Crippen LogP contribution is -2.12. The normalized spacial score (nSPS) is 10.4. The van der Waals surface area contributed by atoms with Crippen molar-refractivity contribution in [1.82, 2.24) is 4.57 Å². The molecule has 0 bridgehead atoms. The zero-order valence-corrected chi connectivity index (χ0v) is 12.8. The molecule has 0 fully saturated rings. The first-order valence-corrected chi connectivity index (χ1v) is 7.69. The number of amides is 1. The first-order chi connectivity index (χ1) is 9.74. The molecule has 5 heteroatoms. The Morgan fingerprint density at radius 2 is 1.95 bits per heavy atom. The van der Waals surface area contributed by atoms with Crippen molar-refractivity contribution in [2.75, 3.05) is 5.32 Å². The zero-order chi connectivity index (χ0) is 13.9. The summed E-state index contributed by atoms with van der Waals surface area (Å²) in [4.78, 5) is 13.1. The number of rotatable bonds is 3. The van der Waals surface area contributed by atoms with Crippen LogP contribution in [-0.2, 0) is 0 Å². The van der Waals surface area contributed by atoms with Crippen molar-refractivity contribution in [2.24, 2.45) is 0 Å². The summed E-state index contributed by atoms with van der Waals surface area (Å²) in [6.07, 6.45) is 3.86. The van der Waals surface area contributed by atoms with E-state index in [-0.39, 0.29) is 5.91 Å². The number of benzene rings is 1. The predicted octanol–water partition coefficient (Wildman–Crippen LogP) is 4.55. The fourth-order valence-corrected chi connectivity index (χ4v) is 3.11. The van der Waals surface area contributed by atoms with E-state index in [1.807, 2.05) is 64.8 Å². The molecule has 0 unspecified atom stereocenters. The predicted molar refractivity (Wildman–Crippen MR) is 85.7 cm³/mol. The maximum absolute atomic E-state index is 12.4. The van der Waals surface area contributed by atoms with Gasteiger partial charge in [0.15, 0.2) is 0 Å². The third-order valence-corrected chi connectivity index (χ3v) is 4.21. The summed E-state index contributed by atoms with van der Waals surface area (Å²) < 4.78 is 2.87. The van der Waals surface area contributed by atoms with Crippen LogP contribution in [0.3, 0.4) is 0 Å². The number of nitrogens with one attached hydrogen (secondary N) is 1. The molecular formula is C15H11BrN2OS. The minimum absolute atomic E-state index is 0.0956. The molecule has 0 aliphatic carbocycles. The van der Waals surface area contributed by atoms with E-state index in [0.717, 1.165) is 15.8 Å². The van der Waals surface area contributed by atoms with E-state index in [1.54, 1.807) is 0 Å². The van der Waals surface area contributed by atoms with Crippen LogP contribution in [0.15, 0.2) is 64.7 Å². The van der Waals surface area contributed by atoms with Crippen LogP contribution >= 0.6 is 27.3 Å². The maximum Gasteiger partial charge on any atom is 0.267 e. The third-order valence-electron chi connectivity index (χ3n) is 2.82. The Bertz CT molecular complexity index is 734. The summed E-state index contributed by atoms with van der Waals surface area (Å²) in [5.74, 6) is -0.0956. The van der Waals surface area contributed by atoms with Gasteiger partial charge in [-0.2, -0.15) is 0 Å². The second-order valence-corrected chi connectivity index (χ2v) is 6.02. The van der Waals surface area contributed by atoms with E-state index in [0.29, 0.717) is 4.88 Å². The van der Waals surface area contributed by atoms with E-state index in [4.69, 9.17) is 0 Å². The number of halogens is 1. The molecule has 0 saturated carbocycles. The van der Waals surface area contributed by atoms with Gasteiger partial charge in [-0.3, -0.25) is 4.79 Å². The number of carbonyl (C=O) groups excluding carboxylic acids is 1. The van der Waals surface area contributed by atoms with Crippen LogP contribution in [0, 0.1) is 0 Å². The van der Waals surface area contributed by atoms with Crippen molar-refractivity contribution in [3.05, 3.63) is 69.6 Å². The van der Waals surface area contributed by atoms with Crippen LogP contribution in [0.25, 0.3) is 5.69 Å². The van der Waals surface area contributed by atoms with Gasteiger partial charge in [0.05, 0.1) is 5.69 Å². The average molecular weight is 347 g/mol. The number of aromatic nitrogens is 1. The van der Waals surface area contributed by atoms with Gasteiger partial charge in [0, 0.05) is 22.6 Å². The number of anilines is 1. The lowest BCUT2D eigenvalue weighted by molar-refractivity contribution is 0.103. The van der Waals surface area contributed by atoms with Gasteiger partial charge < -0.3 is 9.88 Å². The summed E-state index contributed by atoms with van der Waals surface area (Å²) in [5.41, 5.74) is 1.67. The Hall–Kier alpha value is -1.85. The molecule has 1 N–H and O–H groups in total. The van der Waals surface area contributed by atoms with E-state index >= 15 is 0 Å². The molecule has 0 atom stereocenters. The Kier molecular flexibility index (Phi) is 3.71. The quantitative estimate of drug-likeness (QED) is 0.741. The van der Waals surface area contributed by atoms with Crippen molar-refractivity contribution in [2.45, 2.75) is 0 Å². The summed E-state index contributed by atoms with van der Waals surface area (Å²) in [6.45, 7) is 0. The first-order valence-electron chi connectivity index (χ1n) is 6.02. The molecule has 20 heavy (non-hydrogen) atoms. The highest BCUT2D eigenvalue weighted by atomic mass is 79.9. The molecular weight excluding hydrogens is 336 g/mol. The Morgan fingerprint density at radius 1 is 1.15 bits per heavy atom. The third kappa shape index (κ3) is 2.69. The Morgan fingerprint density at radius 3 is 2.70 bits per heavy atom. The van der Waals surface area contributed by atoms with E-state index in [2.05, 4.69) is 21.2 Å². The lowest BCUT2D eigenvalue weighted by atomic mass is 10.3. The molecule has 0 spiro atoms. The van der Waals surface area contributed by atoms with Crippen LogP contribution < -0.4 is 5.32 Å². The number of thiophene rings is 1. The second kappa shape index (κ2) is 5.64. The molecule has 3 rings (SSSR count). The summed E-state index contributed by atoms with van der Waals surface area (Å²) in [7, 11) is 0. The topological polar surface area (TPSA) is 34.0 Å². The monoisotopic (exact) mass is 346 g/mol. The van der Waals surface area contributed by atoms with Gasteiger partial charge in [0.1, 0.15) is 4.88 Å². The fourth-order valence-electron chi connectivity index (χ4n) is 1.92. The van der Waals surface area contributed by atoms with Crippen LogP contribution in [0.1, 0.15) is 9.67 Å². The van der Waals surface area contributed by atoms with Crippen molar-refractivity contribution < 1.29 is 4.79 Å². The summed E-state index contributed by atoms with van der Waals surface area (Å²) >= 11 is 4.83. The molecule has 3 nitrogen and oxygen atoms in total. The Balaban J connectivity index is 1.87. The molecule has 0 aliphatic heterocycles. The molecule has 2 heterocycles. The summed E-state index contributed by atoms with van der Waals surface area (Å²) in [5, 5.41) is 4.84. The molecule has 2 aromatic heterocycles. The number of nitrogens with zero attached hydrogens (tertiary/aromatic N) is 1. The summed E-state index contributed by atoms with van der Waals surface area (Å²) in [6, 6.07) is 13.4. The number of hydrogen-bond donors (Lipinski definition) is 1. The van der Waals surface area contributed by atoms with Gasteiger partial charge in [-0.1, -0.05) is 22.0 Å². The highest BCUT2D eigenvalue weighted by Gasteiger charge is 2.14. The lowest BCUT2D eigenvalue weighted by Gasteiger charge is -2.07. The molecule has 100 valence electrons. The van der Waals surface area contributed by atoms with Crippen LogP contribution in [-0.4, -0.2) is 10.5 Å². The van der Waals surface area contributed by atoms with E-state index in [9.17, 15) is 4.79 Å². The minimum Gasteiger partial charge on any atom is -0.322 e. The van der Waals surface area contributed by atoms with E-state index < -0.39 is 0 Å². The van der Waals surface area contributed by atoms with Crippen molar-refractivity contribution in [3.8, 4) is 5.69 Å². The van der Waals surface area contributed by atoms with Crippen molar-refractivity contribution >= 4 is 38.9 Å². The van der Waals surface area contributed by atoms with Gasteiger partial charge in [0.2, 0.25) is 0 Å². The fraction of sp³-hybridized carbons (Fsp3) is 0. The largest absolute Gasteiger partial charge is 0.322 e. The SMILES string of the molecule is O=C(Nc1cccc(Br)c1)c1sccc1-n1cccc1. The molecule has 3 aromatic rings. The van der Waals surface area contributed by atoms with E-state index in [1.165, 1.54) is 11.3 Å². The zero-order valence-electron chi connectivity index (χ0n) is 10.4. The smallest absolute Gasteiger partial charge is 0.267 e.